The van der Waals surface area contributed by atoms with Crippen LogP contribution in [0.25, 0.3) is 0 Å². The van der Waals surface area contributed by atoms with Gasteiger partial charge in [0.05, 0.1) is 7.11 Å². The number of rotatable bonds is 5. The van der Waals surface area contributed by atoms with E-state index >= 15 is 0 Å². The number of ketones is 1. The molecule has 0 N–H and O–H groups in total. The number of likely N-dealkylation sites (tertiary alicyclic amines) is 1. The molecule has 1 saturated heterocycles. The molecule has 23 heavy (non-hydrogen) atoms. The third kappa shape index (κ3) is 3.62. The van der Waals surface area contributed by atoms with Crippen LogP contribution in [-0.4, -0.2) is 30.9 Å². The van der Waals surface area contributed by atoms with Crippen molar-refractivity contribution in [3.8, 4) is 5.75 Å². The van der Waals surface area contributed by atoms with Crippen molar-refractivity contribution in [1.29, 1.82) is 0 Å². The lowest BCUT2D eigenvalue weighted by molar-refractivity contribution is 0.101. The summed E-state index contributed by atoms with van der Waals surface area (Å²) in [5.41, 5.74) is 3.26. The van der Waals surface area contributed by atoms with Gasteiger partial charge >= 0.3 is 0 Å². The Labute approximate surface area is 137 Å². The Kier molecular flexibility index (Phi) is 4.77. The molecule has 0 bridgehead atoms. The van der Waals surface area contributed by atoms with Gasteiger partial charge in [-0.2, -0.15) is 0 Å². The Balaban J connectivity index is 1.73. The van der Waals surface area contributed by atoms with E-state index < -0.39 is 0 Å². The molecule has 1 fully saturated rings. The van der Waals surface area contributed by atoms with E-state index in [1.807, 2.05) is 18.2 Å². The molecule has 0 saturated carbocycles. The van der Waals surface area contributed by atoms with Gasteiger partial charge in [-0.3, -0.25) is 9.69 Å². The average Bonchev–Trinajstić information content (AvgIpc) is 3.04. The molecule has 1 unspecified atom stereocenters. The van der Waals surface area contributed by atoms with Crippen LogP contribution < -0.4 is 4.74 Å². The normalized spacial score (nSPS) is 18.1. The summed E-state index contributed by atoms with van der Waals surface area (Å²) in [6, 6.07) is 16.4. The molecule has 0 aromatic heterocycles. The highest BCUT2D eigenvalue weighted by Crippen LogP contribution is 2.30. The number of hydrogen-bond acceptors (Lipinski definition) is 3. The summed E-state index contributed by atoms with van der Waals surface area (Å²) in [7, 11) is 1.68. The quantitative estimate of drug-likeness (QED) is 0.785. The molecule has 1 heterocycles. The van der Waals surface area contributed by atoms with E-state index in [9.17, 15) is 4.79 Å². The average molecular weight is 309 g/mol. The topological polar surface area (TPSA) is 29.5 Å². The van der Waals surface area contributed by atoms with Crippen LogP contribution in [0.1, 0.15) is 40.7 Å². The number of methoxy groups -OCH3 is 1. The third-order valence-corrected chi connectivity index (χ3v) is 4.62. The Bertz CT molecular complexity index is 681. The van der Waals surface area contributed by atoms with Gasteiger partial charge in [0, 0.05) is 24.2 Å². The summed E-state index contributed by atoms with van der Waals surface area (Å²) in [6.07, 6.45) is 1.18. The molecule has 1 atom stereocenters. The highest BCUT2D eigenvalue weighted by atomic mass is 16.5. The fourth-order valence-electron chi connectivity index (χ4n) is 3.34. The zero-order valence-electron chi connectivity index (χ0n) is 13.8. The summed E-state index contributed by atoms with van der Waals surface area (Å²) < 4.78 is 5.46. The van der Waals surface area contributed by atoms with Gasteiger partial charge in [0.1, 0.15) is 5.75 Å². The number of carbonyl (C=O) groups is 1. The fourth-order valence-corrected chi connectivity index (χ4v) is 3.34. The molecule has 0 radical (unpaired) electrons. The molecular formula is C20H23NO2. The zero-order valence-corrected chi connectivity index (χ0v) is 13.8. The maximum Gasteiger partial charge on any atom is 0.159 e. The number of Topliss-reactive ketones (excluding diaryl/α,β-unsaturated/α-hetero) is 1. The molecule has 0 amide bonds. The first-order valence-electron chi connectivity index (χ1n) is 8.12. The largest absolute Gasteiger partial charge is 0.496 e. The van der Waals surface area contributed by atoms with Gasteiger partial charge in [-0.15, -0.1) is 0 Å². The molecule has 0 spiro atoms. The van der Waals surface area contributed by atoms with E-state index in [0.29, 0.717) is 5.92 Å². The van der Waals surface area contributed by atoms with Crippen LogP contribution in [0, 0.1) is 0 Å². The second-order valence-electron chi connectivity index (χ2n) is 6.21. The van der Waals surface area contributed by atoms with Crippen LogP contribution in [0.2, 0.25) is 0 Å². The Morgan fingerprint density at radius 1 is 1.22 bits per heavy atom. The van der Waals surface area contributed by atoms with Crippen LogP contribution in [0.4, 0.5) is 0 Å². The number of ether oxygens (including phenoxy) is 1. The maximum atomic E-state index is 11.6. The fraction of sp³-hybridized carbons (Fsp3) is 0.350. The van der Waals surface area contributed by atoms with Crippen LogP contribution in [-0.2, 0) is 6.54 Å². The Morgan fingerprint density at radius 2 is 2.00 bits per heavy atom. The van der Waals surface area contributed by atoms with E-state index in [1.165, 1.54) is 12.0 Å². The molecule has 2 aromatic rings. The SMILES string of the molecule is COc1ccc(C(C)=O)cc1CN1CCC(c2ccccc2)C1. The minimum absolute atomic E-state index is 0.0949. The second-order valence-corrected chi connectivity index (χ2v) is 6.21. The van der Waals surface area contributed by atoms with Crippen LogP contribution in [0.3, 0.4) is 0 Å². The third-order valence-electron chi connectivity index (χ3n) is 4.62. The molecule has 2 aromatic carbocycles. The van der Waals surface area contributed by atoms with E-state index in [2.05, 4.69) is 35.2 Å². The zero-order chi connectivity index (χ0) is 16.2. The number of nitrogens with zero attached hydrogens (tertiary/aromatic N) is 1. The van der Waals surface area contributed by atoms with Gasteiger partial charge in [0.2, 0.25) is 0 Å². The molecule has 1 aliphatic heterocycles. The van der Waals surface area contributed by atoms with Crippen molar-refractivity contribution in [2.24, 2.45) is 0 Å². The molecule has 0 aliphatic carbocycles. The lowest BCUT2D eigenvalue weighted by atomic mass is 9.99. The first kappa shape index (κ1) is 15.8. The molecule has 1 aliphatic rings. The first-order valence-corrected chi connectivity index (χ1v) is 8.12. The van der Waals surface area contributed by atoms with Gasteiger partial charge in [-0.25, -0.2) is 0 Å². The van der Waals surface area contributed by atoms with Crippen molar-refractivity contribution in [2.75, 3.05) is 20.2 Å². The molecule has 120 valence electrons. The second kappa shape index (κ2) is 6.97. The number of hydrogen-bond donors (Lipinski definition) is 0. The van der Waals surface area contributed by atoms with Crippen LogP contribution in [0.15, 0.2) is 48.5 Å². The summed E-state index contributed by atoms with van der Waals surface area (Å²) >= 11 is 0. The van der Waals surface area contributed by atoms with Crippen molar-refractivity contribution >= 4 is 5.78 Å². The van der Waals surface area contributed by atoms with Crippen molar-refractivity contribution in [3.05, 3.63) is 65.2 Å². The summed E-state index contributed by atoms with van der Waals surface area (Å²) in [6.45, 7) is 4.56. The summed E-state index contributed by atoms with van der Waals surface area (Å²) in [5.74, 6) is 1.55. The van der Waals surface area contributed by atoms with Crippen LogP contribution in [0.5, 0.6) is 5.75 Å². The van der Waals surface area contributed by atoms with Gasteiger partial charge < -0.3 is 4.74 Å². The van der Waals surface area contributed by atoms with E-state index in [4.69, 9.17) is 4.74 Å². The van der Waals surface area contributed by atoms with Crippen molar-refractivity contribution in [3.63, 3.8) is 0 Å². The predicted molar refractivity (Wildman–Crippen MR) is 92.1 cm³/mol. The van der Waals surface area contributed by atoms with Crippen molar-refractivity contribution in [2.45, 2.75) is 25.8 Å². The van der Waals surface area contributed by atoms with Crippen LogP contribution >= 0.6 is 0 Å². The lowest BCUT2D eigenvalue weighted by Crippen LogP contribution is -2.20. The van der Waals surface area contributed by atoms with E-state index in [-0.39, 0.29) is 5.78 Å². The minimum Gasteiger partial charge on any atom is -0.496 e. The first-order chi connectivity index (χ1) is 11.2. The summed E-state index contributed by atoms with van der Waals surface area (Å²) in [5, 5.41) is 0. The number of carbonyl (C=O) groups excluding carboxylic acids is 1. The molecule has 3 rings (SSSR count). The van der Waals surface area contributed by atoms with Gasteiger partial charge in [-0.05, 0) is 49.6 Å². The van der Waals surface area contributed by atoms with Gasteiger partial charge in [-0.1, -0.05) is 30.3 Å². The standard InChI is InChI=1S/C20H23NO2/c1-15(22)17-8-9-20(23-2)19(12-17)14-21-11-10-18(13-21)16-6-4-3-5-7-16/h3-9,12,18H,10-11,13-14H2,1-2H3. The van der Waals surface area contributed by atoms with E-state index in [1.54, 1.807) is 14.0 Å². The molecule has 3 heteroatoms. The highest BCUT2D eigenvalue weighted by molar-refractivity contribution is 5.94. The predicted octanol–water partition coefficient (Wildman–Crippen LogP) is 3.89. The lowest BCUT2D eigenvalue weighted by Gasteiger charge is -2.18. The Hall–Kier alpha value is -2.13. The Morgan fingerprint density at radius 3 is 2.70 bits per heavy atom. The summed E-state index contributed by atoms with van der Waals surface area (Å²) in [4.78, 5) is 14.1. The van der Waals surface area contributed by atoms with Crippen molar-refractivity contribution < 1.29 is 9.53 Å². The molecule has 3 nitrogen and oxygen atoms in total. The smallest absolute Gasteiger partial charge is 0.159 e. The highest BCUT2D eigenvalue weighted by Gasteiger charge is 2.24. The number of benzene rings is 2. The minimum atomic E-state index is 0.0949. The van der Waals surface area contributed by atoms with Crippen molar-refractivity contribution in [1.82, 2.24) is 4.90 Å². The molecular weight excluding hydrogens is 286 g/mol. The van der Waals surface area contributed by atoms with Gasteiger partial charge in [0.25, 0.3) is 0 Å². The maximum absolute atomic E-state index is 11.6. The van der Waals surface area contributed by atoms with Gasteiger partial charge in [0.15, 0.2) is 5.78 Å². The van der Waals surface area contributed by atoms with E-state index in [0.717, 1.165) is 36.5 Å². The monoisotopic (exact) mass is 309 g/mol.